The van der Waals surface area contributed by atoms with Crippen LogP contribution in [0, 0.1) is 0 Å². The summed E-state index contributed by atoms with van der Waals surface area (Å²) in [7, 11) is -3.39. The zero-order valence-electron chi connectivity index (χ0n) is 9.55. The van der Waals surface area contributed by atoms with Crippen LogP contribution in [0.1, 0.15) is 13.8 Å². The van der Waals surface area contributed by atoms with Gasteiger partial charge in [0.05, 0.1) is 12.2 Å². The number of morpholine rings is 1. The van der Waals surface area contributed by atoms with Gasteiger partial charge in [-0.25, -0.2) is 4.72 Å². The molecule has 1 rings (SSSR count). The second-order valence-corrected chi connectivity index (χ2v) is 5.52. The predicted molar refractivity (Wildman–Crippen MR) is 64.8 cm³/mol. The van der Waals surface area contributed by atoms with E-state index in [2.05, 4.69) is 4.72 Å². The van der Waals surface area contributed by atoms with Crippen LogP contribution in [0.2, 0.25) is 0 Å². The first-order chi connectivity index (χ1) is 6.95. The van der Waals surface area contributed by atoms with E-state index in [0.29, 0.717) is 19.6 Å². The third-order valence-electron chi connectivity index (χ3n) is 2.15. The van der Waals surface area contributed by atoms with Gasteiger partial charge in [-0.3, -0.25) is 0 Å². The van der Waals surface area contributed by atoms with E-state index in [9.17, 15) is 8.42 Å². The van der Waals surface area contributed by atoms with E-state index in [-0.39, 0.29) is 31.2 Å². The zero-order valence-corrected chi connectivity index (χ0v) is 11.2. The summed E-state index contributed by atoms with van der Waals surface area (Å²) >= 11 is 0. The number of nitrogens with two attached hydrogens (primary N) is 1. The molecule has 0 spiro atoms. The van der Waals surface area contributed by atoms with Gasteiger partial charge in [-0.05, 0) is 13.8 Å². The molecule has 0 radical (unpaired) electrons. The summed E-state index contributed by atoms with van der Waals surface area (Å²) in [4.78, 5) is 0. The van der Waals surface area contributed by atoms with Crippen LogP contribution >= 0.6 is 12.4 Å². The fourth-order valence-corrected chi connectivity index (χ4v) is 2.98. The van der Waals surface area contributed by atoms with Gasteiger partial charge in [-0.2, -0.15) is 12.7 Å². The van der Waals surface area contributed by atoms with Crippen molar-refractivity contribution in [1.82, 2.24) is 9.03 Å². The summed E-state index contributed by atoms with van der Waals surface area (Å²) in [6.45, 7) is 5.08. The molecule has 0 aliphatic carbocycles. The van der Waals surface area contributed by atoms with Gasteiger partial charge in [0.15, 0.2) is 0 Å². The molecule has 1 aliphatic heterocycles. The van der Waals surface area contributed by atoms with Crippen molar-refractivity contribution in [3.05, 3.63) is 0 Å². The minimum atomic E-state index is -3.39. The third-order valence-corrected chi connectivity index (χ3v) is 3.70. The van der Waals surface area contributed by atoms with E-state index in [4.69, 9.17) is 10.5 Å². The normalized spacial score (nSPS) is 27.4. The highest BCUT2D eigenvalue weighted by molar-refractivity contribution is 7.87. The van der Waals surface area contributed by atoms with Gasteiger partial charge in [-0.15, -0.1) is 12.4 Å². The average Bonchev–Trinajstić information content (AvgIpc) is 2.13. The first kappa shape index (κ1) is 16.1. The number of nitrogens with one attached hydrogen (secondary N) is 1. The van der Waals surface area contributed by atoms with Gasteiger partial charge >= 0.3 is 0 Å². The Labute approximate surface area is 103 Å². The fraction of sp³-hybridized carbons (Fsp3) is 1.00. The van der Waals surface area contributed by atoms with Crippen molar-refractivity contribution >= 4 is 22.6 Å². The fourth-order valence-electron chi connectivity index (χ4n) is 1.61. The van der Waals surface area contributed by atoms with Crippen LogP contribution in [0.15, 0.2) is 0 Å². The van der Waals surface area contributed by atoms with Crippen LogP contribution in [0.4, 0.5) is 0 Å². The summed E-state index contributed by atoms with van der Waals surface area (Å²) < 4.78 is 32.8. The standard InChI is InChI=1S/C8H19N3O3S.ClH/c1-7-5-11(6-8(2)14-7)15(12,13)10-4-3-9;/h7-8,10H,3-6,9H2,1-2H3;1H. The SMILES string of the molecule is CC1CN(S(=O)(=O)NCCN)CC(C)O1.Cl. The van der Waals surface area contributed by atoms with Gasteiger partial charge < -0.3 is 10.5 Å². The largest absolute Gasteiger partial charge is 0.373 e. The molecule has 16 heavy (non-hydrogen) atoms. The first-order valence-corrected chi connectivity index (χ1v) is 6.50. The van der Waals surface area contributed by atoms with Crippen LogP contribution in [-0.2, 0) is 14.9 Å². The highest BCUT2D eigenvalue weighted by Gasteiger charge is 2.30. The summed E-state index contributed by atoms with van der Waals surface area (Å²) in [6, 6.07) is 0. The van der Waals surface area contributed by atoms with Crippen molar-refractivity contribution in [2.75, 3.05) is 26.2 Å². The summed E-state index contributed by atoms with van der Waals surface area (Å²) in [5, 5.41) is 0. The molecule has 0 bridgehead atoms. The molecule has 0 aromatic carbocycles. The lowest BCUT2D eigenvalue weighted by Gasteiger charge is -2.34. The molecule has 3 N–H and O–H groups in total. The highest BCUT2D eigenvalue weighted by Crippen LogP contribution is 2.13. The number of hydrogen-bond acceptors (Lipinski definition) is 4. The highest BCUT2D eigenvalue weighted by atomic mass is 35.5. The van der Waals surface area contributed by atoms with E-state index in [1.54, 1.807) is 0 Å². The van der Waals surface area contributed by atoms with Crippen LogP contribution in [0.5, 0.6) is 0 Å². The minimum Gasteiger partial charge on any atom is -0.373 e. The summed E-state index contributed by atoms with van der Waals surface area (Å²) in [5.74, 6) is 0. The topological polar surface area (TPSA) is 84.7 Å². The molecule has 1 aliphatic rings. The van der Waals surface area contributed by atoms with E-state index < -0.39 is 10.2 Å². The quantitative estimate of drug-likeness (QED) is 0.710. The Kier molecular flexibility index (Phi) is 6.76. The molecule has 1 saturated heterocycles. The van der Waals surface area contributed by atoms with Crippen molar-refractivity contribution in [2.24, 2.45) is 5.73 Å². The lowest BCUT2D eigenvalue weighted by Crippen LogP contribution is -2.52. The van der Waals surface area contributed by atoms with Gasteiger partial charge in [0.25, 0.3) is 10.2 Å². The Morgan fingerprint density at radius 3 is 2.31 bits per heavy atom. The molecular formula is C8H20ClN3O3S. The third kappa shape index (κ3) is 4.52. The smallest absolute Gasteiger partial charge is 0.279 e. The van der Waals surface area contributed by atoms with Crippen LogP contribution in [0.3, 0.4) is 0 Å². The average molecular weight is 274 g/mol. The summed E-state index contributed by atoms with van der Waals surface area (Å²) in [5.41, 5.74) is 5.25. The second-order valence-electron chi connectivity index (χ2n) is 3.76. The van der Waals surface area contributed by atoms with Gasteiger partial charge in [0.1, 0.15) is 0 Å². The van der Waals surface area contributed by atoms with E-state index in [1.165, 1.54) is 4.31 Å². The molecule has 2 atom stereocenters. The molecule has 0 amide bonds. The van der Waals surface area contributed by atoms with Crippen LogP contribution in [0.25, 0.3) is 0 Å². The number of hydrogen-bond donors (Lipinski definition) is 2. The maximum Gasteiger partial charge on any atom is 0.279 e. The Hall–Kier alpha value is 0.0800. The van der Waals surface area contributed by atoms with Crippen LogP contribution in [-0.4, -0.2) is 51.1 Å². The first-order valence-electron chi connectivity index (χ1n) is 5.06. The van der Waals surface area contributed by atoms with Crippen molar-refractivity contribution < 1.29 is 13.2 Å². The number of rotatable bonds is 4. The molecule has 0 aromatic rings. The number of nitrogens with zero attached hydrogens (tertiary/aromatic N) is 1. The van der Waals surface area contributed by atoms with Gasteiger partial charge in [-0.1, -0.05) is 0 Å². The predicted octanol–water partition coefficient (Wildman–Crippen LogP) is -0.689. The molecule has 1 fully saturated rings. The number of ether oxygens (including phenoxy) is 1. The Morgan fingerprint density at radius 1 is 1.38 bits per heavy atom. The van der Waals surface area contributed by atoms with Crippen molar-refractivity contribution in [2.45, 2.75) is 26.1 Å². The van der Waals surface area contributed by atoms with E-state index >= 15 is 0 Å². The Morgan fingerprint density at radius 2 is 1.88 bits per heavy atom. The Bertz CT molecular complexity index is 289. The zero-order chi connectivity index (χ0) is 11.5. The van der Waals surface area contributed by atoms with Gasteiger partial charge in [0.2, 0.25) is 0 Å². The maximum absolute atomic E-state index is 11.7. The number of halogens is 1. The minimum absolute atomic E-state index is 0. The molecule has 0 saturated carbocycles. The molecular weight excluding hydrogens is 254 g/mol. The van der Waals surface area contributed by atoms with E-state index in [0.717, 1.165) is 0 Å². The molecule has 0 aromatic heterocycles. The monoisotopic (exact) mass is 273 g/mol. The molecule has 98 valence electrons. The summed E-state index contributed by atoms with van der Waals surface area (Å²) in [6.07, 6.45) is -0.133. The van der Waals surface area contributed by atoms with Gasteiger partial charge in [0, 0.05) is 26.2 Å². The lowest BCUT2D eigenvalue weighted by atomic mass is 10.3. The molecule has 8 heteroatoms. The molecule has 2 unspecified atom stereocenters. The second kappa shape index (κ2) is 6.73. The van der Waals surface area contributed by atoms with Crippen molar-refractivity contribution in [1.29, 1.82) is 0 Å². The maximum atomic E-state index is 11.7. The van der Waals surface area contributed by atoms with Crippen molar-refractivity contribution in [3.8, 4) is 0 Å². The van der Waals surface area contributed by atoms with Crippen LogP contribution < -0.4 is 10.5 Å². The molecule has 6 nitrogen and oxygen atoms in total. The van der Waals surface area contributed by atoms with Crippen molar-refractivity contribution in [3.63, 3.8) is 0 Å². The Balaban J connectivity index is 0.00000225. The lowest BCUT2D eigenvalue weighted by molar-refractivity contribution is -0.0443. The molecule has 1 heterocycles. The van der Waals surface area contributed by atoms with E-state index in [1.807, 2.05) is 13.8 Å².